The summed E-state index contributed by atoms with van der Waals surface area (Å²) < 4.78 is 6.56. The molecule has 2 aromatic carbocycles. The van der Waals surface area contributed by atoms with Gasteiger partial charge in [-0.2, -0.15) is 0 Å². The summed E-state index contributed by atoms with van der Waals surface area (Å²) in [5.41, 5.74) is 0. The van der Waals surface area contributed by atoms with Crippen molar-refractivity contribution >= 4 is 26.2 Å². The zero-order chi connectivity index (χ0) is 15.3. The predicted molar refractivity (Wildman–Crippen MR) is 96.5 cm³/mol. The van der Waals surface area contributed by atoms with Crippen molar-refractivity contribution in [1.29, 1.82) is 0 Å². The van der Waals surface area contributed by atoms with Crippen molar-refractivity contribution in [2.24, 2.45) is 0 Å². The van der Waals surface area contributed by atoms with Crippen molar-refractivity contribution in [1.82, 2.24) is 0 Å². The molecule has 0 saturated carbocycles. The molecular weight excluding hydrogens is 344 g/mol. The molecule has 0 heterocycles. The number of benzene rings is 2. The monoisotopic (exact) mass is 366 g/mol. The normalized spacial score (nSPS) is 13.1. The summed E-state index contributed by atoms with van der Waals surface area (Å²) >= 11 is 3.50. The number of halogens is 1. The second-order valence-electron chi connectivity index (χ2n) is 5.81. The molecule has 0 bridgehead atoms. The molecule has 0 aliphatic carbocycles. The van der Waals surface area contributed by atoms with Crippen molar-refractivity contribution in [3.05, 3.63) is 60.7 Å². The van der Waals surface area contributed by atoms with Gasteiger partial charge in [0.15, 0.2) is 0 Å². The molecule has 0 amide bonds. The van der Waals surface area contributed by atoms with Gasteiger partial charge in [-0.05, 0) is 45.0 Å². The number of rotatable bonds is 5. The van der Waals surface area contributed by atoms with Crippen LogP contribution < -0.4 is 0 Å². The van der Waals surface area contributed by atoms with Crippen LogP contribution in [0.3, 0.4) is 0 Å². The predicted octanol–water partition coefficient (Wildman–Crippen LogP) is 6.03. The smallest absolute Gasteiger partial charge is 0.0698 e. The van der Waals surface area contributed by atoms with Gasteiger partial charge in [-0.25, -0.2) is 0 Å². The first-order valence-corrected chi connectivity index (χ1v) is 9.84. The standard InChI is InChI=1S/C18H23BrOS/c1-18(2,3)21(20-15-14-19,16-10-6-4-7-11-16)17-12-8-5-9-13-17/h4-13H,14-15H2,1-3H3. The highest BCUT2D eigenvalue weighted by Gasteiger charge is 2.41. The maximum atomic E-state index is 6.55. The van der Waals surface area contributed by atoms with Crippen molar-refractivity contribution in [2.75, 3.05) is 11.9 Å². The summed E-state index contributed by atoms with van der Waals surface area (Å²) in [5.74, 6) is 0. The van der Waals surface area contributed by atoms with Crippen molar-refractivity contribution < 1.29 is 4.18 Å². The molecule has 0 saturated heterocycles. The van der Waals surface area contributed by atoms with Crippen LogP contribution >= 0.6 is 26.2 Å². The Kier molecular flexibility index (Phi) is 5.53. The molecule has 1 nitrogen and oxygen atoms in total. The Bertz CT molecular complexity index is 509. The van der Waals surface area contributed by atoms with E-state index in [0.29, 0.717) is 6.61 Å². The van der Waals surface area contributed by atoms with E-state index < -0.39 is 10.3 Å². The molecule has 0 unspecified atom stereocenters. The maximum Gasteiger partial charge on any atom is 0.0698 e. The number of alkyl halides is 1. The highest BCUT2D eigenvalue weighted by molar-refractivity contribution is 9.09. The van der Waals surface area contributed by atoms with E-state index in [0.717, 1.165) is 5.33 Å². The summed E-state index contributed by atoms with van der Waals surface area (Å²) in [4.78, 5) is 2.56. The first-order chi connectivity index (χ1) is 10.0. The Hall–Kier alpha value is -0.770. The van der Waals surface area contributed by atoms with Gasteiger partial charge in [0.25, 0.3) is 0 Å². The van der Waals surface area contributed by atoms with Crippen LogP contribution in [0.5, 0.6) is 0 Å². The first-order valence-electron chi connectivity index (χ1n) is 7.16. The zero-order valence-corrected chi connectivity index (χ0v) is 15.3. The minimum atomic E-state index is -1.56. The van der Waals surface area contributed by atoms with Gasteiger partial charge in [-0.1, -0.05) is 62.6 Å². The summed E-state index contributed by atoms with van der Waals surface area (Å²) in [6.45, 7) is 7.53. The molecule has 0 N–H and O–H groups in total. The van der Waals surface area contributed by atoms with Gasteiger partial charge in [0, 0.05) is 19.9 Å². The number of hydrogen-bond acceptors (Lipinski definition) is 1. The quantitative estimate of drug-likeness (QED) is 0.586. The van der Waals surface area contributed by atoms with Crippen LogP contribution in [0.25, 0.3) is 0 Å². The van der Waals surface area contributed by atoms with E-state index in [1.54, 1.807) is 0 Å². The molecule has 0 aliphatic heterocycles. The SMILES string of the molecule is CC(C)(C)S(OCCBr)(c1ccccc1)c1ccccc1. The van der Waals surface area contributed by atoms with E-state index in [-0.39, 0.29) is 4.75 Å². The molecule has 0 fully saturated rings. The average Bonchev–Trinajstić information content (AvgIpc) is 2.49. The lowest BCUT2D eigenvalue weighted by Gasteiger charge is -2.50. The summed E-state index contributed by atoms with van der Waals surface area (Å²) in [6.07, 6.45) is 0. The molecule has 2 aromatic rings. The molecular formula is C18H23BrOS. The Morgan fingerprint density at radius 3 is 1.62 bits per heavy atom. The molecule has 0 aromatic heterocycles. The van der Waals surface area contributed by atoms with E-state index >= 15 is 0 Å². The van der Waals surface area contributed by atoms with Crippen LogP contribution in [0.2, 0.25) is 0 Å². The summed E-state index contributed by atoms with van der Waals surface area (Å²) in [5, 5.41) is 0.845. The topological polar surface area (TPSA) is 9.23 Å². The van der Waals surface area contributed by atoms with E-state index in [1.165, 1.54) is 9.79 Å². The van der Waals surface area contributed by atoms with Gasteiger partial charge >= 0.3 is 0 Å². The fraction of sp³-hybridized carbons (Fsp3) is 0.333. The lowest BCUT2D eigenvalue weighted by molar-refractivity contribution is 0.372. The minimum Gasteiger partial charge on any atom is -0.327 e. The molecule has 114 valence electrons. The second kappa shape index (κ2) is 6.99. The first kappa shape index (κ1) is 16.6. The van der Waals surface area contributed by atoms with Gasteiger partial charge < -0.3 is 4.18 Å². The van der Waals surface area contributed by atoms with Gasteiger partial charge in [-0.3, -0.25) is 0 Å². The van der Waals surface area contributed by atoms with Crippen LogP contribution in [0.4, 0.5) is 0 Å². The minimum absolute atomic E-state index is 0.0118. The molecule has 0 radical (unpaired) electrons. The Morgan fingerprint density at radius 1 is 0.857 bits per heavy atom. The third-order valence-electron chi connectivity index (χ3n) is 3.35. The lowest BCUT2D eigenvalue weighted by atomic mass is 10.3. The van der Waals surface area contributed by atoms with Crippen molar-refractivity contribution in [3.8, 4) is 0 Å². The van der Waals surface area contributed by atoms with Crippen molar-refractivity contribution in [3.63, 3.8) is 0 Å². The molecule has 2 rings (SSSR count). The Labute approximate surface area is 138 Å². The maximum absolute atomic E-state index is 6.55. The van der Waals surface area contributed by atoms with Gasteiger partial charge in [0.1, 0.15) is 0 Å². The molecule has 0 aliphatic rings. The largest absolute Gasteiger partial charge is 0.327 e. The van der Waals surface area contributed by atoms with Crippen LogP contribution in [0.1, 0.15) is 20.8 Å². The van der Waals surface area contributed by atoms with Crippen molar-refractivity contribution in [2.45, 2.75) is 35.3 Å². The average molecular weight is 367 g/mol. The van der Waals surface area contributed by atoms with E-state index in [4.69, 9.17) is 4.18 Å². The van der Waals surface area contributed by atoms with Gasteiger partial charge in [0.05, 0.1) is 6.61 Å². The molecule has 0 atom stereocenters. The Morgan fingerprint density at radius 2 is 1.29 bits per heavy atom. The van der Waals surface area contributed by atoms with Crippen LogP contribution in [0.15, 0.2) is 70.5 Å². The van der Waals surface area contributed by atoms with Gasteiger partial charge in [-0.15, -0.1) is 0 Å². The van der Waals surface area contributed by atoms with E-state index in [2.05, 4.69) is 97.4 Å². The molecule has 21 heavy (non-hydrogen) atoms. The highest BCUT2D eigenvalue weighted by atomic mass is 79.9. The molecule has 0 spiro atoms. The summed E-state index contributed by atoms with van der Waals surface area (Å²) in [6, 6.07) is 21.3. The Balaban J connectivity index is 2.66. The molecule has 3 heteroatoms. The third-order valence-corrected chi connectivity index (χ3v) is 7.79. The third kappa shape index (κ3) is 3.36. The summed E-state index contributed by atoms with van der Waals surface area (Å²) in [7, 11) is -1.56. The second-order valence-corrected chi connectivity index (χ2v) is 10.1. The fourth-order valence-electron chi connectivity index (χ4n) is 2.54. The van der Waals surface area contributed by atoms with E-state index in [9.17, 15) is 0 Å². The lowest BCUT2D eigenvalue weighted by Crippen LogP contribution is -2.28. The van der Waals surface area contributed by atoms with E-state index in [1.807, 2.05) is 0 Å². The fourth-order valence-corrected chi connectivity index (χ4v) is 6.64. The van der Waals surface area contributed by atoms with Gasteiger partial charge in [0.2, 0.25) is 0 Å². The highest BCUT2D eigenvalue weighted by Crippen LogP contribution is 2.71. The van der Waals surface area contributed by atoms with Crippen LogP contribution in [0, 0.1) is 0 Å². The zero-order valence-electron chi connectivity index (χ0n) is 12.9. The van der Waals surface area contributed by atoms with Crippen LogP contribution in [-0.2, 0) is 4.18 Å². The number of hydrogen-bond donors (Lipinski definition) is 0. The van der Waals surface area contributed by atoms with Crippen LogP contribution in [-0.4, -0.2) is 16.7 Å².